The van der Waals surface area contributed by atoms with Crippen LogP contribution in [-0.4, -0.2) is 47.5 Å². The van der Waals surface area contributed by atoms with Crippen LogP contribution >= 0.6 is 0 Å². The Labute approximate surface area is 77.2 Å². The minimum atomic E-state index is 0. The molecule has 2 rings (SSSR count). The molecule has 2 heterocycles. The first kappa shape index (κ1) is 7.58. The molecule has 0 atom stereocenters. The Hall–Kier alpha value is -0.528. The second kappa shape index (κ2) is 3.04. The molecule has 4 nitrogen and oxygen atoms in total. The summed E-state index contributed by atoms with van der Waals surface area (Å²) in [4.78, 5) is 7.74. The molecule has 0 aliphatic rings. The van der Waals surface area contributed by atoms with E-state index in [0.717, 1.165) is 11.0 Å². The Bertz CT molecular complexity index is 288. The average molecular weight is 327 g/mol. The Morgan fingerprint density at radius 2 is 2.20 bits per heavy atom. The number of aromatic nitrogens is 4. The van der Waals surface area contributed by atoms with Crippen molar-refractivity contribution in [2.24, 2.45) is 0 Å². The molecule has 0 bridgehead atoms. The third kappa shape index (κ3) is 1.15. The zero-order valence-electron chi connectivity index (χ0n) is 5.07. The number of aromatic amines is 1. The summed E-state index contributed by atoms with van der Waals surface area (Å²) in [6, 6.07) is 0. The standard InChI is InChI=1S/C5H4N4.Pb/c1-5-4(2-8-9-5)7-3-6-1;/h1-3H,(H,8,9);. The van der Waals surface area contributed by atoms with Gasteiger partial charge in [-0.25, -0.2) is 9.97 Å². The largest absolute Gasteiger partial charge is 0.275 e. The Morgan fingerprint density at radius 1 is 1.30 bits per heavy atom. The van der Waals surface area contributed by atoms with Crippen molar-refractivity contribution in [1.29, 1.82) is 0 Å². The molecule has 2 aromatic heterocycles. The van der Waals surface area contributed by atoms with Gasteiger partial charge in [-0.05, 0) is 0 Å². The van der Waals surface area contributed by atoms with Crippen LogP contribution in [0.4, 0.5) is 0 Å². The van der Waals surface area contributed by atoms with E-state index in [9.17, 15) is 0 Å². The van der Waals surface area contributed by atoms with E-state index in [2.05, 4.69) is 20.2 Å². The quantitative estimate of drug-likeness (QED) is 0.692. The van der Waals surface area contributed by atoms with E-state index >= 15 is 0 Å². The summed E-state index contributed by atoms with van der Waals surface area (Å²) >= 11 is 0. The number of nitrogens with one attached hydrogen (secondary N) is 1. The summed E-state index contributed by atoms with van der Waals surface area (Å²) in [6.07, 6.45) is 4.85. The number of hydrogen-bond donors (Lipinski definition) is 1. The third-order valence-corrected chi connectivity index (χ3v) is 1.11. The average Bonchev–Trinajstić information content (AvgIpc) is 2.33. The molecule has 0 aromatic carbocycles. The topological polar surface area (TPSA) is 54.5 Å². The van der Waals surface area contributed by atoms with Gasteiger partial charge in [0.25, 0.3) is 0 Å². The van der Waals surface area contributed by atoms with Gasteiger partial charge in [-0.3, -0.25) is 5.10 Å². The smallest absolute Gasteiger partial charge is 0.116 e. The summed E-state index contributed by atoms with van der Waals surface area (Å²) in [5.41, 5.74) is 1.72. The van der Waals surface area contributed by atoms with E-state index in [1.54, 1.807) is 12.4 Å². The molecule has 5 heteroatoms. The summed E-state index contributed by atoms with van der Waals surface area (Å²) < 4.78 is 0. The van der Waals surface area contributed by atoms with Crippen molar-refractivity contribution in [1.82, 2.24) is 20.2 Å². The van der Waals surface area contributed by atoms with Gasteiger partial charge in [0.1, 0.15) is 17.4 Å². The number of hydrogen-bond acceptors (Lipinski definition) is 3. The molecule has 2 aromatic rings. The first-order chi connectivity index (χ1) is 4.47. The minimum absolute atomic E-state index is 0. The van der Waals surface area contributed by atoms with Crippen LogP contribution in [0.5, 0.6) is 0 Å². The molecule has 0 amide bonds. The molecule has 0 saturated heterocycles. The van der Waals surface area contributed by atoms with E-state index in [1.165, 1.54) is 6.33 Å². The van der Waals surface area contributed by atoms with E-state index < -0.39 is 0 Å². The van der Waals surface area contributed by atoms with Crippen LogP contribution in [-0.2, 0) is 0 Å². The van der Waals surface area contributed by atoms with Crippen molar-refractivity contribution in [3.05, 3.63) is 18.7 Å². The fourth-order valence-corrected chi connectivity index (χ4v) is 0.691. The van der Waals surface area contributed by atoms with Crippen LogP contribution in [0.15, 0.2) is 18.7 Å². The van der Waals surface area contributed by atoms with Crippen LogP contribution in [0.1, 0.15) is 0 Å². The van der Waals surface area contributed by atoms with Crippen LogP contribution in [0.25, 0.3) is 11.0 Å². The molecule has 48 valence electrons. The number of fused-ring (bicyclic) bond motifs is 1. The Morgan fingerprint density at radius 3 is 3.00 bits per heavy atom. The monoisotopic (exact) mass is 328 g/mol. The maximum Gasteiger partial charge on any atom is 0.116 e. The maximum atomic E-state index is 3.94. The van der Waals surface area contributed by atoms with Gasteiger partial charge in [0, 0.05) is 27.3 Å². The molecule has 0 spiro atoms. The van der Waals surface area contributed by atoms with Gasteiger partial charge in [-0.2, -0.15) is 5.10 Å². The van der Waals surface area contributed by atoms with Gasteiger partial charge < -0.3 is 0 Å². The summed E-state index contributed by atoms with van der Waals surface area (Å²) in [6.45, 7) is 0. The third-order valence-electron chi connectivity index (χ3n) is 1.11. The van der Waals surface area contributed by atoms with E-state index in [0.29, 0.717) is 0 Å². The van der Waals surface area contributed by atoms with Crippen molar-refractivity contribution in [3.8, 4) is 0 Å². The van der Waals surface area contributed by atoms with Gasteiger partial charge in [-0.1, -0.05) is 0 Å². The van der Waals surface area contributed by atoms with Crippen molar-refractivity contribution in [3.63, 3.8) is 0 Å². The number of nitrogens with zero attached hydrogens (tertiary/aromatic N) is 3. The maximum absolute atomic E-state index is 3.94. The normalized spacial score (nSPS) is 9.20. The summed E-state index contributed by atoms with van der Waals surface area (Å²) in [5.74, 6) is 0. The van der Waals surface area contributed by atoms with E-state index in [4.69, 9.17) is 0 Å². The summed E-state index contributed by atoms with van der Waals surface area (Å²) in [5, 5.41) is 6.52. The zero-order valence-corrected chi connectivity index (χ0v) is 8.96. The number of rotatable bonds is 0. The van der Waals surface area contributed by atoms with Crippen molar-refractivity contribution in [2.75, 3.05) is 0 Å². The number of H-pyrrole nitrogens is 1. The van der Waals surface area contributed by atoms with Gasteiger partial charge >= 0.3 is 0 Å². The van der Waals surface area contributed by atoms with Gasteiger partial charge in [0.2, 0.25) is 0 Å². The molecule has 1 N–H and O–H groups in total. The molecule has 0 unspecified atom stereocenters. The van der Waals surface area contributed by atoms with Gasteiger partial charge in [0.15, 0.2) is 0 Å². The molecular formula is C5H4N4Pb. The van der Waals surface area contributed by atoms with Crippen molar-refractivity contribution >= 4 is 38.3 Å². The first-order valence-electron chi connectivity index (χ1n) is 2.56. The molecule has 0 fully saturated rings. The van der Waals surface area contributed by atoms with Gasteiger partial charge in [-0.15, -0.1) is 0 Å². The molecule has 10 heavy (non-hydrogen) atoms. The second-order valence-electron chi connectivity index (χ2n) is 1.69. The van der Waals surface area contributed by atoms with E-state index in [1.807, 2.05) is 0 Å². The van der Waals surface area contributed by atoms with Crippen LogP contribution in [0, 0.1) is 0 Å². The van der Waals surface area contributed by atoms with Crippen LogP contribution in [0.2, 0.25) is 0 Å². The predicted molar refractivity (Wildman–Crippen MR) is 37.4 cm³/mol. The van der Waals surface area contributed by atoms with Gasteiger partial charge in [0.05, 0.1) is 12.4 Å². The molecule has 4 radical (unpaired) electrons. The molecule has 0 aliphatic carbocycles. The van der Waals surface area contributed by atoms with Crippen LogP contribution < -0.4 is 0 Å². The zero-order chi connectivity index (χ0) is 6.10. The SMILES string of the molecule is [Pb].c1ncc2[nH]ncc2n1. The Kier molecular flexibility index (Phi) is 2.30. The first-order valence-corrected chi connectivity index (χ1v) is 2.56. The fourth-order valence-electron chi connectivity index (χ4n) is 0.691. The Balaban J connectivity index is 0.000000500. The molecule has 0 saturated carbocycles. The van der Waals surface area contributed by atoms with Crippen LogP contribution in [0.3, 0.4) is 0 Å². The molecular weight excluding hydrogens is 323 g/mol. The second-order valence-corrected chi connectivity index (χ2v) is 1.69. The minimum Gasteiger partial charge on any atom is -0.275 e. The van der Waals surface area contributed by atoms with E-state index in [-0.39, 0.29) is 27.3 Å². The fraction of sp³-hybridized carbons (Fsp3) is 0. The molecule has 0 aliphatic heterocycles. The van der Waals surface area contributed by atoms with Crippen molar-refractivity contribution in [2.45, 2.75) is 0 Å². The summed E-state index contributed by atoms with van der Waals surface area (Å²) in [7, 11) is 0. The van der Waals surface area contributed by atoms with Crippen molar-refractivity contribution < 1.29 is 0 Å². The predicted octanol–water partition coefficient (Wildman–Crippen LogP) is -0.0279.